The van der Waals surface area contributed by atoms with Gasteiger partial charge < -0.3 is 9.47 Å². The van der Waals surface area contributed by atoms with Gasteiger partial charge in [-0.25, -0.2) is 0 Å². The SMILES string of the molecule is COc1ccc(OC)c(-c2cccc(C=O)c2)c1. The van der Waals surface area contributed by atoms with Crippen molar-refractivity contribution in [2.24, 2.45) is 0 Å². The Morgan fingerprint density at radius 2 is 1.83 bits per heavy atom. The van der Waals surface area contributed by atoms with E-state index in [1.54, 1.807) is 20.3 Å². The number of carbonyl (C=O) groups excluding carboxylic acids is 1. The third-order valence-electron chi connectivity index (χ3n) is 2.74. The van der Waals surface area contributed by atoms with Gasteiger partial charge in [-0.3, -0.25) is 4.79 Å². The molecule has 0 unspecified atom stereocenters. The van der Waals surface area contributed by atoms with E-state index in [4.69, 9.17) is 9.47 Å². The molecule has 0 bridgehead atoms. The molecule has 0 saturated heterocycles. The van der Waals surface area contributed by atoms with E-state index >= 15 is 0 Å². The zero-order valence-corrected chi connectivity index (χ0v) is 10.3. The van der Waals surface area contributed by atoms with Gasteiger partial charge in [-0.1, -0.05) is 18.2 Å². The summed E-state index contributed by atoms with van der Waals surface area (Å²) in [6.07, 6.45) is 0.830. The Morgan fingerprint density at radius 1 is 1.00 bits per heavy atom. The Kier molecular flexibility index (Phi) is 3.63. The maximum Gasteiger partial charge on any atom is 0.150 e. The summed E-state index contributed by atoms with van der Waals surface area (Å²) >= 11 is 0. The Labute approximate surface area is 106 Å². The van der Waals surface area contributed by atoms with Crippen LogP contribution in [-0.4, -0.2) is 20.5 Å². The molecule has 0 aliphatic heterocycles. The summed E-state index contributed by atoms with van der Waals surface area (Å²) in [7, 11) is 3.24. The second kappa shape index (κ2) is 5.36. The van der Waals surface area contributed by atoms with Crippen molar-refractivity contribution in [2.45, 2.75) is 0 Å². The van der Waals surface area contributed by atoms with E-state index in [1.807, 2.05) is 36.4 Å². The molecule has 18 heavy (non-hydrogen) atoms. The maximum absolute atomic E-state index is 10.8. The minimum Gasteiger partial charge on any atom is -0.497 e. The number of hydrogen-bond acceptors (Lipinski definition) is 3. The largest absolute Gasteiger partial charge is 0.497 e. The van der Waals surface area contributed by atoms with E-state index in [9.17, 15) is 4.79 Å². The van der Waals surface area contributed by atoms with Crippen LogP contribution in [0.25, 0.3) is 11.1 Å². The molecule has 0 fully saturated rings. The first kappa shape index (κ1) is 12.2. The van der Waals surface area contributed by atoms with Gasteiger partial charge in [0.05, 0.1) is 14.2 Å². The number of carbonyl (C=O) groups is 1. The van der Waals surface area contributed by atoms with Crippen LogP contribution in [0.1, 0.15) is 10.4 Å². The van der Waals surface area contributed by atoms with Crippen LogP contribution < -0.4 is 9.47 Å². The molecule has 0 radical (unpaired) electrons. The predicted octanol–water partition coefficient (Wildman–Crippen LogP) is 3.18. The quantitative estimate of drug-likeness (QED) is 0.772. The van der Waals surface area contributed by atoms with E-state index in [0.29, 0.717) is 5.56 Å². The van der Waals surface area contributed by atoms with E-state index in [2.05, 4.69) is 0 Å². The summed E-state index contributed by atoms with van der Waals surface area (Å²) in [4.78, 5) is 10.8. The van der Waals surface area contributed by atoms with Gasteiger partial charge in [0.25, 0.3) is 0 Å². The molecule has 0 saturated carbocycles. The lowest BCUT2D eigenvalue weighted by Crippen LogP contribution is -1.91. The Hall–Kier alpha value is -2.29. The summed E-state index contributed by atoms with van der Waals surface area (Å²) in [6.45, 7) is 0. The van der Waals surface area contributed by atoms with Gasteiger partial charge in [0, 0.05) is 11.1 Å². The standard InChI is InChI=1S/C15H14O3/c1-17-13-6-7-15(18-2)14(9-13)12-5-3-4-11(8-12)10-16/h3-10H,1-2H3. The minimum absolute atomic E-state index is 0.636. The van der Waals surface area contributed by atoms with Gasteiger partial charge in [-0.05, 0) is 29.8 Å². The average Bonchev–Trinajstić information content (AvgIpc) is 2.46. The average molecular weight is 242 g/mol. The number of ether oxygens (including phenoxy) is 2. The molecular formula is C15H14O3. The summed E-state index contributed by atoms with van der Waals surface area (Å²) in [5, 5.41) is 0. The highest BCUT2D eigenvalue weighted by atomic mass is 16.5. The molecule has 3 heteroatoms. The Balaban J connectivity index is 2.56. The third-order valence-corrected chi connectivity index (χ3v) is 2.74. The van der Waals surface area contributed by atoms with Crippen LogP contribution in [-0.2, 0) is 0 Å². The fourth-order valence-corrected chi connectivity index (χ4v) is 1.82. The highest BCUT2D eigenvalue weighted by Crippen LogP contribution is 2.33. The van der Waals surface area contributed by atoms with Gasteiger partial charge in [0.2, 0.25) is 0 Å². The van der Waals surface area contributed by atoms with Gasteiger partial charge in [0.1, 0.15) is 17.8 Å². The van der Waals surface area contributed by atoms with Crippen LogP contribution >= 0.6 is 0 Å². The van der Waals surface area contributed by atoms with Crippen LogP contribution in [0.5, 0.6) is 11.5 Å². The summed E-state index contributed by atoms with van der Waals surface area (Å²) in [5.74, 6) is 1.50. The van der Waals surface area contributed by atoms with E-state index in [-0.39, 0.29) is 0 Å². The van der Waals surface area contributed by atoms with Crippen molar-refractivity contribution >= 4 is 6.29 Å². The monoisotopic (exact) mass is 242 g/mol. The molecule has 0 aromatic heterocycles. The summed E-state index contributed by atoms with van der Waals surface area (Å²) in [6, 6.07) is 13.0. The maximum atomic E-state index is 10.8. The molecule has 0 heterocycles. The second-order valence-corrected chi connectivity index (χ2v) is 3.81. The van der Waals surface area contributed by atoms with Crippen LogP contribution in [0.15, 0.2) is 42.5 Å². The van der Waals surface area contributed by atoms with Gasteiger partial charge in [-0.15, -0.1) is 0 Å². The molecule has 0 atom stereocenters. The van der Waals surface area contributed by atoms with Crippen molar-refractivity contribution in [1.82, 2.24) is 0 Å². The van der Waals surface area contributed by atoms with Crippen molar-refractivity contribution in [3.63, 3.8) is 0 Å². The second-order valence-electron chi connectivity index (χ2n) is 3.81. The molecule has 0 aliphatic rings. The molecule has 0 aliphatic carbocycles. The topological polar surface area (TPSA) is 35.5 Å². The van der Waals surface area contributed by atoms with Gasteiger partial charge in [0.15, 0.2) is 0 Å². The minimum atomic E-state index is 0.636. The van der Waals surface area contributed by atoms with E-state index in [1.165, 1.54) is 0 Å². The Bertz CT molecular complexity index is 561. The van der Waals surface area contributed by atoms with Gasteiger partial charge >= 0.3 is 0 Å². The summed E-state index contributed by atoms with van der Waals surface area (Å²) in [5.41, 5.74) is 2.47. The van der Waals surface area contributed by atoms with Crippen molar-refractivity contribution in [2.75, 3.05) is 14.2 Å². The first-order valence-electron chi connectivity index (χ1n) is 5.56. The van der Waals surface area contributed by atoms with E-state index < -0.39 is 0 Å². The lowest BCUT2D eigenvalue weighted by atomic mass is 10.0. The highest BCUT2D eigenvalue weighted by Gasteiger charge is 2.08. The molecule has 0 N–H and O–H groups in total. The van der Waals surface area contributed by atoms with E-state index in [0.717, 1.165) is 28.9 Å². The lowest BCUT2D eigenvalue weighted by Gasteiger charge is -2.10. The van der Waals surface area contributed by atoms with Crippen molar-refractivity contribution in [3.8, 4) is 22.6 Å². The first-order valence-corrected chi connectivity index (χ1v) is 5.56. The first-order chi connectivity index (χ1) is 8.78. The molecule has 0 amide bonds. The van der Waals surface area contributed by atoms with Crippen LogP contribution in [0.2, 0.25) is 0 Å². The van der Waals surface area contributed by atoms with Crippen molar-refractivity contribution < 1.29 is 14.3 Å². The van der Waals surface area contributed by atoms with Gasteiger partial charge in [-0.2, -0.15) is 0 Å². The number of hydrogen-bond donors (Lipinski definition) is 0. The fraction of sp³-hybridized carbons (Fsp3) is 0.133. The molecule has 92 valence electrons. The third kappa shape index (κ3) is 2.35. The molecule has 2 rings (SSSR count). The molecule has 0 spiro atoms. The predicted molar refractivity (Wildman–Crippen MR) is 70.4 cm³/mol. The smallest absolute Gasteiger partial charge is 0.150 e. The van der Waals surface area contributed by atoms with Crippen LogP contribution in [0.3, 0.4) is 0 Å². The number of benzene rings is 2. The normalized spacial score (nSPS) is 9.89. The zero-order valence-electron chi connectivity index (χ0n) is 10.3. The summed E-state index contributed by atoms with van der Waals surface area (Å²) < 4.78 is 10.5. The number of rotatable bonds is 4. The molecule has 3 nitrogen and oxygen atoms in total. The molecule has 2 aromatic rings. The van der Waals surface area contributed by atoms with Crippen LogP contribution in [0.4, 0.5) is 0 Å². The number of methoxy groups -OCH3 is 2. The zero-order chi connectivity index (χ0) is 13.0. The van der Waals surface area contributed by atoms with Crippen molar-refractivity contribution in [3.05, 3.63) is 48.0 Å². The Morgan fingerprint density at radius 3 is 2.50 bits per heavy atom. The fourth-order valence-electron chi connectivity index (χ4n) is 1.82. The van der Waals surface area contributed by atoms with Crippen LogP contribution in [0, 0.1) is 0 Å². The molecular weight excluding hydrogens is 228 g/mol. The lowest BCUT2D eigenvalue weighted by molar-refractivity contribution is 0.112. The molecule has 2 aromatic carbocycles. The van der Waals surface area contributed by atoms with Crippen molar-refractivity contribution in [1.29, 1.82) is 0 Å². The number of aldehydes is 1. The highest BCUT2D eigenvalue weighted by molar-refractivity contribution is 5.80.